The van der Waals surface area contributed by atoms with Crippen LogP contribution in [0.4, 0.5) is 0 Å². The van der Waals surface area contributed by atoms with E-state index in [0.29, 0.717) is 12.0 Å². The molecule has 0 saturated heterocycles. The highest BCUT2D eigenvalue weighted by molar-refractivity contribution is 7.90. The van der Waals surface area contributed by atoms with Crippen molar-refractivity contribution in [3.05, 3.63) is 28.5 Å². The Labute approximate surface area is 99.8 Å². The molecule has 0 aromatic carbocycles. The van der Waals surface area contributed by atoms with Crippen LogP contribution in [0.2, 0.25) is 5.15 Å². The molecule has 0 aliphatic heterocycles. The van der Waals surface area contributed by atoms with Crippen molar-refractivity contribution in [2.75, 3.05) is 5.75 Å². The third-order valence-electron chi connectivity index (χ3n) is 1.99. The van der Waals surface area contributed by atoms with E-state index in [2.05, 4.69) is 4.98 Å². The molecule has 0 fully saturated rings. The van der Waals surface area contributed by atoms with Crippen LogP contribution in [-0.4, -0.2) is 19.2 Å². The zero-order valence-corrected chi connectivity index (χ0v) is 10.3. The van der Waals surface area contributed by atoms with Crippen LogP contribution in [0, 0.1) is 11.3 Å². The van der Waals surface area contributed by atoms with Crippen LogP contribution in [-0.2, 0) is 15.6 Å². The molecule has 0 spiro atoms. The molecule has 0 aliphatic carbocycles. The lowest BCUT2D eigenvalue weighted by Crippen LogP contribution is -2.10. The number of sulfone groups is 1. The van der Waals surface area contributed by atoms with Gasteiger partial charge in [0.1, 0.15) is 11.2 Å². The number of pyridine rings is 1. The van der Waals surface area contributed by atoms with Gasteiger partial charge >= 0.3 is 0 Å². The van der Waals surface area contributed by atoms with Gasteiger partial charge in [0.15, 0.2) is 9.84 Å². The van der Waals surface area contributed by atoms with Crippen LogP contribution in [0.3, 0.4) is 0 Å². The first-order chi connectivity index (χ1) is 7.50. The van der Waals surface area contributed by atoms with Gasteiger partial charge in [-0.25, -0.2) is 13.4 Å². The average Bonchev–Trinajstić information content (AvgIpc) is 2.17. The second-order valence-electron chi connectivity index (χ2n) is 3.34. The lowest BCUT2D eigenvalue weighted by Gasteiger charge is -2.05. The van der Waals surface area contributed by atoms with E-state index in [4.69, 9.17) is 16.9 Å². The Hall–Kier alpha value is -1.12. The molecule has 1 rings (SSSR count). The van der Waals surface area contributed by atoms with Crippen LogP contribution >= 0.6 is 11.6 Å². The van der Waals surface area contributed by atoms with Crippen molar-refractivity contribution in [3.63, 3.8) is 0 Å². The quantitative estimate of drug-likeness (QED) is 0.774. The number of hydrogen-bond donors (Lipinski definition) is 0. The van der Waals surface area contributed by atoms with Gasteiger partial charge in [0.05, 0.1) is 17.1 Å². The monoisotopic (exact) mass is 258 g/mol. The van der Waals surface area contributed by atoms with Crippen molar-refractivity contribution in [2.24, 2.45) is 0 Å². The highest BCUT2D eigenvalue weighted by Gasteiger charge is 2.15. The molecule has 0 N–H and O–H groups in total. The van der Waals surface area contributed by atoms with E-state index >= 15 is 0 Å². The molecule has 0 saturated carbocycles. The Morgan fingerprint density at radius 2 is 2.25 bits per heavy atom. The number of nitrogens with zero attached hydrogens (tertiary/aromatic N) is 2. The summed E-state index contributed by atoms with van der Waals surface area (Å²) < 4.78 is 23.2. The smallest absolute Gasteiger partial charge is 0.154 e. The fourth-order valence-corrected chi connectivity index (χ4v) is 3.03. The minimum absolute atomic E-state index is 0.0479. The lowest BCUT2D eigenvalue weighted by molar-refractivity contribution is 0.594. The van der Waals surface area contributed by atoms with Crippen LogP contribution < -0.4 is 0 Å². The van der Waals surface area contributed by atoms with E-state index in [1.807, 2.05) is 6.07 Å². The predicted molar refractivity (Wildman–Crippen MR) is 61.7 cm³/mol. The van der Waals surface area contributed by atoms with E-state index in [1.54, 1.807) is 6.92 Å². The van der Waals surface area contributed by atoms with Crippen molar-refractivity contribution in [1.82, 2.24) is 4.98 Å². The van der Waals surface area contributed by atoms with E-state index in [9.17, 15) is 8.42 Å². The Morgan fingerprint density at radius 3 is 2.81 bits per heavy atom. The molecule has 0 atom stereocenters. The third-order valence-corrected chi connectivity index (χ3v) is 4.06. The summed E-state index contributed by atoms with van der Waals surface area (Å²) in [7, 11) is -3.17. The zero-order chi connectivity index (χ0) is 12.2. The summed E-state index contributed by atoms with van der Waals surface area (Å²) in [4.78, 5) is 3.73. The molecule has 16 heavy (non-hydrogen) atoms. The molecule has 0 bridgehead atoms. The summed E-state index contributed by atoms with van der Waals surface area (Å²) in [5.41, 5.74) is 0.555. The number of nitriles is 1. The van der Waals surface area contributed by atoms with Crippen LogP contribution in [0.25, 0.3) is 0 Å². The van der Waals surface area contributed by atoms with Crippen molar-refractivity contribution in [3.8, 4) is 6.07 Å². The van der Waals surface area contributed by atoms with Gasteiger partial charge in [-0.15, -0.1) is 0 Å². The van der Waals surface area contributed by atoms with E-state index in [0.717, 1.165) is 0 Å². The molecular formula is C10H11ClN2O2S. The van der Waals surface area contributed by atoms with Crippen LogP contribution in [0.1, 0.15) is 24.5 Å². The highest BCUT2D eigenvalue weighted by atomic mass is 35.5. The van der Waals surface area contributed by atoms with Crippen LogP contribution in [0.15, 0.2) is 12.3 Å². The molecular weight excluding hydrogens is 248 g/mol. The molecule has 0 amide bonds. The minimum Gasteiger partial charge on any atom is -0.243 e. The molecule has 0 aliphatic rings. The fraction of sp³-hybridized carbons (Fsp3) is 0.400. The maximum absolute atomic E-state index is 11.6. The largest absolute Gasteiger partial charge is 0.243 e. The molecule has 6 heteroatoms. The number of rotatable bonds is 4. The van der Waals surface area contributed by atoms with Crippen molar-refractivity contribution < 1.29 is 8.42 Å². The summed E-state index contributed by atoms with van der Waals surface area (Å²) in [5.74, 6) is -0.0518. The average molecular weight is 259 g/mol. The van der Waals surface area contributed by atoms with E-state index < -0.39 is 9.84 Å². The first kappa shape index (κ1) is 12.9. The predicted octanol–water partition coefficient (Wildman–Crippen LogP) is 1.93. The molecule has 1 aromatic rings. The number of halogens is 1. The lowest BCUT2D eigenvalue weighted by atomic mass is 10.2. The zero-order valence-electron chi connectivity index (χ0n) is 8.77. The van der Waals surface area contributed by atoms with E-state index in [-0.39, 0.29) is 22.2 Å². The fourth-order valence-electron chi connectivity index (χ4n) is 1.33. The van der Waals surface area contributed by atoms with Gasteiger partial charge in [-0.2, -0.15) is 5.26 Å². The minimum atomic E-state index is -3.17. The summed E-state index contributed by atoms with van der Waals surface area (Å²) in [6, 6.07) is 3.38. The molecule has 86 valence electrons. The first-order valence-electron chi connectivity index (χ1n) is 4.74. The number of hydrogen-bond acceptors (Lipinski definition) is 4. The molecule has 1 heterocycles. The van der Waals surface area contributed by atoms with Gasteiger partial charge < -0.3 is 0 Å². The summed E-state index contributed by atoms with van der Waals surface area (Å²) >= 11 is 5.71. The third kappa shape index (κ3) is 3.19. The van der Waals surface area contributed by atoms with Gasteiger partial charge in [0.2, 0.25) is 0 Å². The summed E-state index contributed by atoms with van der Waals surface area (Å²) in [6.45, 7) is 1.79. The Morgan fingerprint density at radius 1 is 1.56 bits per heavy atom. The first-order valence-corrected chi connectivity index (χ1v) is 6.94. The molecule has 1 aromatic heterocycles. The normalized spacial score (nSPS) is 11.1. The molecule has 0 unspecified atom stereocenters. The second-order valence-corrected chi connectivity index (χ2v) is 5.88. The highest BCUT2D eigenvalue weighted by Crippen LogP contribution is 2.18. The van der Waals surface area contributed by atoms with Crippen molar-refractivity contribution >= 4 is 21.4 Å². The van der Waals surface area contributed by atoms with Gasteiger partial charge in [0.25, 0.3) is 0 Å². The van der Waals surface area contributed by atoms with Gasteiger partial charge in [-0.05, 0) is 18.1 Å². The van der Waals surface area contributed by atoms with Crippen molar-refractivity contribution in [2.45, 2.75) is 19.1 Å². The molecule has 4 nitrogen and oxygen atoms in total. The topological polar surface area (TPSA) is 70.8 Å². The SMILES string of the molecule is CCCS(=O)(=O)Cc1ccnc(Cl)c1C#N. The van der Waals surface area contributed by atoms with E-state index in [1.165, 1.54) is 12.3 Å². The Balaban J connectivity index is 3.08. The maximum Gasteiger partial charge on any atom is 0.154 e. The maximum atomic E-state index is 11.6. The standard InChI is InChI=1S/C10H11ClN2O2S/c1-2-5-16(14,15)7-8-3-4-13-10(11)9(8)6-12/h3-4H,2,5,7H2,1H3. The number of aromatic nitrogens is 1. The van der Waals surface area contributed by atoms with Gasteiger partial charge in [-0.3, -0.25) is 0 Å². The molecule has 0 radical (unpaired) electrons. The van der Waals surface area contributed by atoms with Gasteiger partial charge in [-0.1, -0.05) is 18.5 Å². The Bertz CT molecular complexity index is 520. The Kier molecular flexibility index (Phi) is 4.27. The van der Waals surface area contributed by atoms with Crippen molar-refractivity contribution in [1.29, 1.82) is 5.26 Å². The van der Waals surface area contributed by atoms with Crippen LogP contribution in [0.5, 0.6) is 0 Å². The second kappa shape index (κ2) is 5.28. The summed E-state index contributed by atoms with van der Waals surface area (Å²) in [5, 5.41) is 8.90. The summed E-state index contributed by atoms with van der Waals surface area (Å²) in [6.07, 6.45) is 1.96. The van der Waals surface area contributed by atoms with Gasteiger partial charge in [0, 0.05) is 6.20 Å².